The Morgan fingerprint density at radius 3 is 2.66 bits per heavy atom. The maximum Gasteiger partial charge on any atom is 0.276 e. The van der Waals surface area contributed by atoms with Crippen LogP contribution in [0.4, 0.5) is 0 Å². The number of oxazole rings is 1. The van der Waals surface area contributed by atoms with Crippen LogP contribution in [-0.2, 0) is 16.0 Å². The molecule has 0 spiro atoms. The van der Waals surface area contributed by atoms with Gasteiger partial charge in [0.2, 0.25) is 0 Å². The molecule has 3 heterocycles. The smallest absolute Gasteiger partial charge is 0.276 e. The van der Waals surface area contributed by atoms with Gasteiger partial charge in [-0.25, -0.2) is 9.97 Å². The van der Waals surface area contributed by atoms with Gasteiger partial charge in [0.1, 0.15) is 5.82 Å². The Labute approximate surface area is 188 Å². The minimum atomic E-state index is -0.0814. The van der Waals surface area contributed by atoms with Crippen molar-refractivity contribution in [1.82, 2.24) is 19.4 Å². The van der Waals surface area contributed by atoms with Crippen molar-refractivity contribution >= 4 is 5.91 Å². The third-order valence-corrected chi connectivity index (χ3v) is 5.75. The Hall–Kier alpha value is -2.97. The van der Waals surface area contributed by atoms with Gasteiger partial charge in [0.15, 0.2) is 17.8 Å². The van der Waals surface area contributed by atoms with Crippen LogP contribution >= 0.6 is 0 Å². The summed E-state index contributed by atoms with van der Waals surface area (Å²) >= 11 is 0. The summed E-state index contributed by atoms with van der Waals surface area (Å²) in [7, 11) is 0. The highest BCUT2D eigenvalue weighted by molar-refractivity contribution is 5.97. The van der Waals surface area contributed by atoms with Gasteiger partial charge in [-0.3, -0.25) is 4.79 Å². The molecule has 0 aliphatic carbocycles. The van der Waals surface area contributed by atoms with Crippen molar-refractivity contribution in [3.8, 4) is 11.3 Å². The zero-order chi connectivity index (χ0) is 22.2. The number of hydrogen-bond donors (Lipinski definition) is 0. The van der Waals surface area contributed by atoms with Gasteiger partial charge in [0, 0.05) is 50.1 Å². The second-order valence-electron chi connectivity index (χ2n) is 7.75. The van der Waals surface area contributed by atoms with Crippen LogP contribution in [0.3, 0.4) is 0 Å². The number of piperidine rings is 1. The Bertz CT molecular complexity index is 977. The predicted octanol–water partition coefficient (Wildman–Crippen LogP) is 3.61. The summed E-state index contributed by atoms with van der Waals surface area (Å²) < 4.78 is 18.6. The Balaban J connectivity index is 1.31. The molecular weight excluding hydrogens is 408 g/mol. The van der Waals surface area contributed by atoms with E-state index in [1.165, 1.54) is 6.39 Å². The van der Waals surface area contributed by atoms with E-state index in [0.29, 0.717) is 56.9 Å². The number of aromatic nitrogens is 3. The van der Waals surface area contributed by atoms with Gasteiger partial charge in [-0.2, -0.15) is 0 Å². The van der Waals surface area contributed by atoms with Crippen LogP contribution in [0.25, 0.3) is 11.3 Å². The highest BCUT2D eigenvalue weighted by Gasteiger charge is 2.29. The van der Waals surface area contributed by atoms with E-state index in [0.717, 1.165) is 30.8 Å². The van der Waals surface area contributed by atoms with Crippen LogP contribution in [0.2, 0.25) is 0 Å². The maximum atomic E-state index is 13.1. The number of ether oxygens (including phenoxy) is 2. The van der Waals surface area contributed by atoms with Crippen LogP contribution in [-0.4, -0.2) is 64.9 Å². The molecular formula is C24H30N4O4. The first-order valence-electron chi connectivity index (χ1n) is 11.2. The Morgan fingerprint density at radius 1 is 1.09 bits per heavy atom. The SMILES string of the molecule is CCOCCOCCn1ccnc1C1CCN(C(=O)c2ncoc2-c2ccccc2)CC1. The van der Waals surface area contributed by atoms with Gasteiger partial charge >= 0.3 is 0 Å². The molecule has 1 aliphatic rings. The number of imidazole rings is 1. The first-order valence-corrected chi connectivity index (χ1v) is 11.2. The lowest BCUT2D eigenvalue weighted by Gasteiger charge is -2.31. The van der Waals surface area contributed by atoms with Gasteiger partial charge in [-0.15, -0.1) is 0 Å². The third-order valence-electron chi connectivity index (χ3n) is 5.75. The Morgan fingerprint density at radius 2 is 1.88 bits per heavy atom. The summed E-state index contributed by atoms with van der Waals surface area (Å²) in [4.78, 5) is 23.8. The van der Waals surface area contributed by atoms with Gasteiger partial charge in [-0.1, -0.05) is 30.3 Å². The average Bonchev–Trinajstić information content (AvgIpc) is 3.51. The van der Waals surface area contributed by atoms with E-state index in [1.54, 1.807) is 0 Å². The molecule has 8 nitrogen and oxygen atoms in total. The zero-order valence-corrected chi connectivity index (χ0v) is 18.5. The van der Waals surface area contributed by atoms with Gasteiger partial charge in [-0.05, 0) is 19.8 Å². The summed E-state index contributed by atoms with van der Waals surface area (Å²) in [6.07, 6.45) is 6.92. The summed E-state index contributed by atoms with van der Waals surface area (Å²) in [6, 6.07) is 9.62. The summed E-state index contributed by atoms with van der Waals surface area (Å²) in [5.74, 6) is 1.83. The number of hydrogen-bond acceptors (Lipinski definition) is 6. The number of carbonyl (C=O) groups excluding carboxylic acids is 1. The number of carbonyl (C=O) groups is 1. The quantitative estimate of drug-likeness (QED) is 0.450. The van der Waals surface area contributed by atoms with E-state index in [-0.39, 0.29) is 5.91 Å². The van der Waals surface area contributed by atoms with E-state index in [9.17, 15) is 4.79 Å². The molecule has 0 saturated carbocycles. The molecule has 1 amide bonds. The van der Waals surface area contributed by atoms with E-state index in [2.05, 4.69) is 14.5 Å². The summed E-state index contributed by atoms with van der Waals surface area (Å²) in [5, 5.41) is 0. The molecule has 0 N–H and O–H groups in total. The van der Waals surface area contributed by atoms with Crippen LogP contribution in [0.5, 0.6) is 0 Å². The Kier molecular flexibility index (Phi) is 7.68. The number of likely N-dealkylation sites (tertiary alicyclic amines) is 1. The maximum absolute atomic E-state index is 13.1. The number of amides is 1. The molecule has 0 atom stereocenters. The molecule has 1 aromatic carbocycles. The van der Waals surface area contributed by atoms with Crippen molar-refractivity contribution in [2.45, 2.75) is 32.2 Å². The van der Waals surface area contributed by atoms with Crippen molar-refractivity contribution in [1.29, 1.82) is 0 Å². The van der Waals surface area contributed by atoms with Crippen LogP contribution < -0.4 is 0 Å². The lowest BCUT2D eigenvalue weighted by atomic mass is 9.95. The van der Waals surface area contributed by atoms with Gasteiger partial charge in [0.25, 0.3) is 5.91 Å². The van der Waals surface area contributed by atoms with Gasteiger partial charge < -0.3 is 23.4 Å². The molecule has 0 unspecified atom stereocenters. The number of rotatable bonds is 10. The molecule has 0 bridgehead atoms. The van der Waals surface area contributed by atoms with Crippen LogP contribution in [0.1, 0.15) is 42.0 Å². The van der Waals surface area contributed by atoms with Crippen molar-refractivity contribution < 1.29 is 18.7 Å². The standard InChI is InChI=1S/C24H30N4O4/c1-2-30-16-17-31-15-14-27-13-10-25-23(27)20-8-11-28(12-9-20)24(29)21-22(32-18-26-21)19-6-4-3-5-7-19/h3-7,10,13,18,20H,2,8-9,11-12,14-17H2,1H3. The fraction of sp³-hybridized carbons (Fsp3) is 0.458. The van der Waals surface area contributed by atoms with Crippen molar-refractivity contribution in [2.24, 2.45) is 0 Å². The highest BCUT2D eigenvalue weighted by atomic mass is 16.5. The van der Waals surface area contributed by atoms with Crippen LogP contribution in [0, 0.1) is 0 Å². The molecule has 1 saturated heterocycles. The molecule has 1 fully saturated rings. The monoisotopic (exact) mass is 438 g/mol. The minimum Gasteiger partial charge on any atom is -0.443 e. The highest BCUT2D eigenvalue weighted by Crippen LogP contribution is 2.29. The lowest BCUT2D eigenvalue weighted by molar-refractivity contribution is 0.0492. The first kappa shape index (κ1) is 22.2. The molecule has 4 rings (SSSR count). The molecule has 8 heteroatoms. The summed E-state index contributed by atoms with van der Waals surface area (Å²) in [6.45, 7) is 6.64. The molecule has 170 valence electrons. The largest absolute Gasteiger partial charge is 0.443 e. The second kappa shape index (κ2) is 11.1. The number of nitrogens with zero attached hydrogens (tertiary/aromatic N) is 4. The molecule has 1 aliphatic heterocycles. The van der Waals surface area contributed by atoms with Gasteiger partial charge in [0.05, 0.1) is 19.8 Å². The van der Waals surface area contributed by atoms with Crippen molar-refractivity contribution in [3.63, 3.8) is 0 Å². The van der Waals surface area contributed by atoms with Crippen LogP contribution in [0.15, 0.2) is 53.5 Å². The third kappa shape index (κ3) is 5.26. The first-order chi connectivity index (χ1) is 15.8. The molecule has 0 radical (unpaired) electrons. The zero-order valence-electron chi connectivity index (χ0n) is 18.5. The minimum absolute atomic E-state index is 0.0814. The fourth-order valence-electron chi connectivity index (χ4n) is 4.08. The topological polar surface area (TPSA) is 82.6 Å². The average molecular weight is 439 g/mol. The number of benzene rings is 1. The second-order valence-corrected chi connectivity index (χ2v) is 7.75. The molecule has 32 heavy (non-hydrogen) atoms. The van der Waals surface area contributed by atoms with E-state index in [4.69, 9.17) is 13.9 Å². The fourth-order valence-corrected chi connectivity index (χ4v) is 4.08. The van der Waals surface area contributed by atoms with E-state index < -0.39 is 0 Å². The van der Waals surface area contributed by atoms with Crippen molar-refractivity contribution in [3.05, 3.63) is 60.6 Å². The predicted molar refractivity (Wildman–Crippen MR) is 119 cm³/mol. The lowest BCUT2D eigenvalue weighted by Crippen LogP contribution is -2.38. The normalized spacial score (nSPS) is 14.7. The summed E-state index contributed by atoms with van der Waals surface area (Å²) in [5.41, 5.74) is 1.23. The van der Waals surface area contributed by atoms with E-state index in [1.807, 2.05) is 54.5 Å². The van der Waals surface area contributed by atoms with E-state index >= 15 is 0 Å². The van der Waals surface area contributed by atoms with Crippen molar-refractivity contribution in [2.75, 3.05) is 39.5 Å². The molecule has 2 aromatic heterocycles. The molecule has 3 aromatic rings.